The summed E-state index contributed by atoms with van der Waals surface area (Å²) in [7, 11) is 1.21. The summed E-state index contributed by atoms with van der Waals surface area (Å²) in [6, 6.07) is 0. The van der Waals surface area contributed by atoms with E-state index in [0.29, 0.717) is 11.8 Å². The molecular formula is C11H15F4NO3. The van der Waals surface area contributed by atoms with E-state index in [1.165, 1.54) is 7.11 Å². The number of piperidine rings is 3. The van der Waals surface area contributed by atoms with Crippen molar-refractivity contribution >= 4 is 5.78 Å². The van der Waals surface area contributed by atoms with Crippen LogP contribution < -0.4 is 0 Å². The maximum Gasteiger partial charge on any atom is 0.278 e. The van der Waals surface area contributed by atoms with Gasteiger partial charge in [0.2, 0.25) is 0 Å². The summed E-state index contributed by atoms with van der Waals surface area (Å²) in [5, 5.41) is 9.39. The third-order valence-corrected chi connectivity index (χ3v) is 4.37. The standard InChI is InChI=1S/C11H15F4NO3/c1-8-7(18)9(5-17,6-19-2)16(3-10(8,12)13)4-11(8,14)15/h17H,3-6H2,1-2H3/t9-/m0/s1. The number of aliphatic hydroxyl groups is 1. The second-order valence-electron chi connectivity index (χ2n) is 5.34. The number of alkyl halides is 4. The van der Waals surface area contributed by atoms with E-state index in [2.05, 4.69) is 0 Å². The third kappa shape index (κ3) is 1.47. The fraction of sp³-hybridized carbons (Fsp3) is 0.909. The van der Waals surface area contributed by atoms with Crippen molar-refractivity contribution in [2.24, 2.45) is 5.41 Å². The van der Waals surface area contributed by atoms with E-state index < -0.39 is 54.9 Å². The quantitative estimate of drug-likeness (QED) is 0.769. The number of ketones is 1. The Labute approximate surface area is 107 Å². The fourth-order valence-corrected chi connectivity index (χ4v) is 2.98. The van der Waals surface area contributed by atoms with Gasteiger partial charge in [-0.2, -0.15) is 0 Å². The molecule has 110 valence electrons. The molecule has 0 unspecified atom stereocenters. The monoisotopic (exact) mass is 285 g/mol. The molecule has 0 aromatic heterocycles. The van der Waals surface area contributed by atoms with Crippen LogP contribution in [0.25, 0.3) is 0 Å². The van der Waals surface area contributed by atoms with Gasteiger partial charge < -0.3 is 9.84 Å². The first kappa shape index (κ1) is 14.7. The lowest BCUT2D eigenvalue weighted by atomic mass is 9.60. The van der Waals surface area contributed by atoms with Gasteiger partial charge in [-0.25, -0.2) is 17.6 Å². The van der Waals surface area contributed by atoms with Crippen LogP contribution in [0.2, 0.25) is 0 Å². The Bertz CT molecular complexity index is 397. The van der Waals surface area contributed by atoms with E-state index in [0.717, 1.165) is 0 Å². The molecule has 3 saturated heterocycles. The Kier molecular flexibility index (Phi) is 3.01. The van der Waals surface area contributed by atoms with Crippen LogP contribution in [-0.2, 0) is 9.53 Å². The molecule has 2 bridgehead atoms. The second kappa shape index (κ2) is 3.89. The van der Waals surface area contributed by atoms with Gasteiger partial charge >= 0.3 is 0 Å². The normalized spacial score (nSPS) is 43.5. The number of ether oxygens (including phenoxy) is 1. The van der Waals surface area contributed by atoms with E-state index in [1.807, 2.05) is 0 Å². The molecule has 4 nitrogen and oxygen atoms in total. The van der Waals surface area contributed by atoms with Crippen molar-refractivity contribution in [3.63, 3.8) is 0 Å². The molecule has 8 heteroatoms. The molecule has 0 radical (unpaired) electrons. The maximum absolute atomic E-state index is 13.9. The van der Waals surface area contributed by atoms with Crippen molar-refractivity contribution in [1.29, 1.82) is 0 Å². The highest BCUT2D eigenvalue weighted by molar-refractivity contribution is 5.97. The van der Waals surface area contributed by atoms with E-state index in [1.54, 1.807) is 0 Å². The Hall–Kier alpha value is -0.730. The lowest BCUT2D eigenvalue weighted by molar-refractivity contribution is -0.306. The van der Waals surface area contributed by atoms with Crippen LogP contribution in [0.5, 0.6) is 0 Å². The topological polar surface area (TPSA) is 49.8 Å². The summed E-state index contributed by atoms with van der Waals surface area (Å²) in [5.74, 6) is -9.06. The summed E-state index contributed by atoms with van der Waals surface area (Å²) in [6.45, 7) is -2.64. The van der Waals surface area contributed by atoms with Gasteiger partial charge in [-0.1, -0.05) is 0 Å². The van der Waals surface area contributed by atoms with Crippen LogP contribution in [0.3, 0.4) is 0 Å². The molecular weight excluding hydrogens is 270 g/mol. The molecule has 3 aliphatic heterocycles. The number of Topliss-reactive ketones (excluding diaryl/α,β-unsaturated/α-hetero) is 1. The zero-order chi connectivity index (χ0) is 14.7. The first-order chi connectivity index (χ1) is 8.59. The molecule has 3 heterocycles. The molecule has 0 aliphatic carbocycles. The molecule has 0 aromatic rings. The number of rotatable bonds is 3. The minimum absolute atomic E-state index is 0.399. The molecule has 0 aromatic carbocycles. The van der Waals surface area contributed by atoms with Gasteiger partial charge in [0.25, 0.3) is 11.8 Å². The Morgan fingerprint density at radius 1 is 1.26 bits per heavy atom. The molecule has 0 saturated carbocycles. The molecule has 1 atom stereocenters. The maximum atomic E-state index is 13.9. The average Bonchev–Trinajstić information content (AvgIpc) is 2.29. The van der Waals surface area contributed by atoms with Crippen LogP contribution in [-0.4, -0.2) is 66.6 Å². The number of halogens is 4. The fourth-order valence-electron chi connectivity index (χ4n) is 2.98. The number of hydrogen-bond donors (Lipinski definition) is 1. The van der Waals surface area contributed by atoms with Crippen molar-refractivity contribution in [3.8, 4) is 0 Å². The van der Waals surface area contributed by atoms with Crippen molar-refractivity contribution in [2.75, 3.05) is 33.4 Å². The molecule has 3 fully saturated rings. The minimum atomic E-state index is -3.85. The van der Waals surface area contributed by atoms with Gasteiger partial charge in [0.1, 0.15) is 5.54 Å². The van der Waals surface area contributed by atoms with Crippen molar-refractivity contribution in [1.82, 2.24) is 4.90 Å². The summed E-state index contributed by atoms with van der Waals surface area (Å²) < 4.78 is 60.3. The summed E-state index contributed by atoms with van der Waals surface area (Å²) >= 11 is 0. The van der Waals surface area contributed by atoms with Crippen LogP contribution in [0.4, 0.5) is 17.6 Å². The van der Waals surface area contributed by atoms with Gasteiger partial charge in [-0.15, -0.1) is 0 Å². The van der Waals surface area contributed by atoms with Crippen LogP contribution in [0, 0.1) is 5.41 Å². The number of fused-ring (bicyclic) bond motifs is 3. The number of hydrogen-bond acceptors (Lipinski definition) is 4. The van der Waals surface area contributed by atoms with Crippen LogP contribution >= 0.6 is 0 Å². The van der Waals surface area contributed by atoms with Crippen molar-refractivity contribution in [3.05, 3.63) is 0 Å². The molecule has 19 heavy (non-hydrogen) atoms. The molecule has 3 rings (SSSR count). The second-order valence-corrected chi connectivity index (χ2v) is 5.34. The lowest BCUT2D eigenvalue weighted by Gasteiger charge is -2.61. The summed E-state index contributed by atoms with van der Waals surface area (Å²) in [6.07, 6.45) is 0. The number of nitrogens with zero attached hydrogens (tertiary/aromatic N) is 1. The zero-order valence-corrected chi connectivity index (χ0v) is 10.6. The molecule has 1 N–H and O–H groups in total. The molecule has 0 spiro atoms. The summed E-state index contributed by atoms with van der Waals surface area (Å²) in [4.78, 5) is 12.9. The molecule has 3 aliphatic rings. The first-order valence-electron chi connectivity index (χ1n) is 5.74. The highest BCUT2D eigenvalue weighted by Gasteiger charge is 2.81. The van der Waals surface area contributed by atoms with E-state index in [4.69, 9.17) is 4.74 Å². The Balaban J connectivity index is 2.59. The number of methoxy groups -OCH3 is 1. The minimum Gasteiger partial charge on any atom is -0.394 e. The molecule has 0 amide bonds. The van der Waals surface area contributed by atoms with Gasteiger partial charge in [-0.3, -0.25) is 9.69 Å². The SMILES string of the molecule is COC[C@@]1(CO)C(=O)C2(C)C(F)(F)CN1CC2(F)F. The van der Waals surface area contributed by atoms with Gasteiger partial charge in [0.05, 0.1) is 26.3 Å². The Morgan fingerprint density at radius 3 is 2.11 bits per heavy atom. The smallest absolute Gasteiger partial charge is 0.278 e. The largest absolute Gasteiger partial charge is 0.394 e. The third-order valence-electron chi connectivity index (χ3n) is 4.37. The lowest BCUT2D eigenvalue weighted by Crippen LogP contribution is -2.84. The predicted octanol–water partition coefficient (Wildman–Crippen LogP) is 0.539. The van der Waals surface area contributed by atoms with Crippen molar-refractivity contribution < 1.29 is 32.2 Å². The van der Waals surface area contributed by atoms with Gasteiger partial charge in [0.15, 0.2) is 11.2 Å². The number of carbonyl (C=O) groups excluding carboxylic acids is 1. The van der Waals surface area contributed by atoms with E-state index in [9.17, 15) is 27.5 Å². The zero-order valence-electron chi connectivity index (χ0n) is 10.6. The van der Waals surface area contributed by atoms with Crippen LogP contribution in [0.15, 0.2) is 0 Å². The van der Waals surface area contributed by atoms with Crippen molar-refractivity contribution in [2.45, 2.75) is 24.3 Å². The summed E-state index contributed by atoms with van der Waals surface area (Å²) in [5.41, 5.74) is -4.93. The van der Waals surface area contributed by atoms with E-state index in [-0.39, 0.29) is 0 Å². The van der Waals surface area contributed by atoms with E-state index >= 15 is 0 Å². The highest BCUT2D eigenvalue weighted by Crippen LogP contribution is 2.59. The number of carbonyl (C=O) groups is 1. The van der Waals surface area contributed by atoms with Crippen LogP contribution in [0.1, 0.15) is 6.92 Å². The van der Waals surface area contributed by atoms with Gasteiger partial charge in [0, 0.05) is 7.11 Å². The highest BCUT2D eigenvalue weighted by atomic mass is 19.3. The Morgan fingerprint density at radius 2 is 1.74 bits per heavy atom. The number of aliphatic hydroxyl groups excluding tert-OH is 1. The predicted molar refractivity (Wildman–Crippen MR) is 56.3 cm³/mol. The average molecular weight is 285 g/mol. The van der Waals surface area contributed by atoms with Gasteiger partial charge in [-0.05, 0) is 6.92 Å². The first-order valence-corrected chi connectivity index (χ1v) is 5.74.